The van der Waals surface area contributed by atoms with Gasteiger partial charge in [0.25, 0.3) is 0 Å². The Morgan fingerprint density at radius 1 is 1.43 bits per heavy atom. The standard InChI is InChI=1S/C8H7NO5/c10-3-5-1-2-6(9(11)12)8-7(5)13-4-14-8/h1-2,10H,3-4H2. The molecular formula is C8H7NO5. The molecule has 6 heteroatoms. The summed E-state index contributed by atoms with van der Waals surface area (Å²) < 4.78 is 9.98. The zero-order chi connectivity index (χ0) is 10.1. The fraction of sp³-hybridized carbons (Fsp3) is 0.250. The van der Waals surface area contributed by atoms with Crippen LogP contribution in [0.3, 0.4) is 0 Å². The quantitative estimate of drug-likeness (QED) is 0.560. The number of hydrogen-bond acceptors (Lipinski definition) is 5. The SMILES string of the molecule is O=[N+]([O-])c1ccc(CO)c2c1OCO2. The third kappa shape index (κ3) is 1.16. The Labute approximate surface area is 78.8 Å². The summed E-state index contributed by atoms with van der Waals surface area (Å²) in [6, 6.07) is 2.74. The van der Waals surface area contributed by atoms with Crippen LogP contribution in [0.4, 0.5) is 5.69 Å². The summed E-state index contributed by atoms with van der Waals surface area (Å²) in [5.74, 6) is 0.364. The van der Waals surface area contributed by atoms with E-state index >= 15 is 0 Å². The monoisotopic (exact) mass is 197 g/mol. The van der Waals surface area contributed by atoms with Crippen LogP contribution in [-0.2, 0) is 6.61 Å². The number of rotatable bonds is 2. The van der Waals surface area contributed by atoms with Crippen molar-refractivity contribution in [1.82, 2.24) is 0 Å². The lowest BCUT2D eigenvalue weighted by Crippen LogP contribution is -1.94. The Bertz CT molecular complexity index is 390. The van der Waals surface area contributed by atoms with Gasteiger partial charge in [0.05, 0.1) is 11.5 Å². The molecule has 1 aromatic rings. The lowest BCUT2D eigenvalue weighted by molar-refractivity contribution is -0.385. The fourth-order valence-corrected chi connectivity index (χ4v) is 1.31. The minimum atomic E-state index is -0.547. The first-order valence-electron chi connectivity index (χ1n) is 3.90. The van der Waals surface area contributed by atoms with Crippen molar-refractivity contribution in [3.8, 4) is 11.5 Å². The van der Waals surface area contributed by atoms with E-state index in [1.165, 1.54) is 12.1 Å². The molecule has 0 fully saturated rings. The van der Waals surface area contributed by atoms with Gasteiger partial charge in [-0.05, 0) is 6.07 Å². The molecule has 0 spiro atoms. The van der Waals surface area contributed by atoms with Crippen LogP contribution >= 0.6 is 0 Å². The lowest BCUT2D eigenvalue weighted by Gasteiger charge is -2.02. The van der Waals surface area contributed by atoms with Gasteiger partial charge in [-0.1, -0.05) is 0 Å². The average molecular weight is 197 g/mol. The van der Waals surface area contributed by atoms with Gasteiger partial charge in [-0.25, -0.2) is 0 Å². The molecule has 0 saturated carbocycles. The molecule has 0 saturated heterocycles. The van der Waals surface area contributed by atoms with Gasteiger partial charge >= 0.3 is 5.69 Å². The summed E-state index contributed by atoms with van der Waals surface area (Å²) >= 11 is 0. The van der Waals surface area contributed by atoms with Gasteiger partial charge in [0.2, 0.25) is 12.5 Å². The van der Waals surface area contributed by atoms with Gasteiger partial charge in [0.15, 0.2) is 5.75 Å². The Morgan fingerprint density at radius 2 is 2.14 bits per heavy atom. The van der Waals surface area contributed by atoms with E-state index < -0.39 is 4.92 Å². The molecule has 14 heavy (non-hydrogen) atoms. The van der Waals surface area contributed by atoms with Crippen LogP contribution in [0.25, 0.3) is 0 Å². The molecule has 0 aromatic heterocycles. The molecule has 0 amide bonds. The Kier molecular flexibility index (Phi) is 1.97. The fourth-order valence-electron chi connectivity index (χ4n) is 1.31. The maximum absolute atomic E-state index is 10.6. The Hall–Kier alpha value is -1.82. The van der Waals surface area contributed by atoms with Gasteiger partial charge in [0, 0.05) is 11.6 Å². The molecule has 0 aliphatic carbocycles. The summed E-state index contributed by atoms with van der Waals surface area (Å²) in [6.45, 7) is -0.281. The maximum Gasteiger partial charge on any atom is 0.315 e. The third-order valence-corrected chi connectivity index (χ3v) is 1.95. The molecule has 1 heterocycles. The predicted octanol–water partition coefficient (Wildman–Crippen LogP) is 0.816. The second kappa shape index (κ2) is 3.15. The Balaban J connectivity index is 2.58. The lowest BCUT2D eigenvalue weighted by atomic mass is 10.2. The van der Waals surface area contributed by atoms with E-state index in [1.54, 1.807) is 0 Å². The smallest absolute Gasteiger partial charge is 0.315 e. The number of fused-ring (bicyclic) bond motifs is 1. The van der Waals surface area contributed by atoms with E-state index in [-0.39, 0.29) is 30.6 Å². The van der Waals surface area contributed by atoms with Crippen LogP contribution in [0.15, 0.2) is 12.1 Å². The minimum Gasteiger partial charge on any atom is -0.453 e. The number of aliphatic hydroxyl groups excluding tert-OH is 1. The van der Waals surface area contributed by atoms with Crippen molar-refractivity contribution in [2.45, 2.75) is 6.61 Å². The average Bonchev–Trinajstić information content (AvgIpc) is 2.64. The summed E-state index contributed by atoms with van der Waals surface area (Å²) in [7, 11) is 0. The normalized spacial score (nSPS) is 12.9. The summed E-state index contributed by atoms with van der Waals surface area (Å²) in [4.78, 5) is 10.0. The van der Waals surface area contributed by atoms with E-state index in [0.717, 1.165) is 0 Å². The first-order valence-corrected chi connectivity index (χ1v) is 3.90. The van der Waals surface area contributed by atoms with Crippen molar-refractivity contribution < 1.29 is 19.5 Å². The van der Waals surface area contributed by atoms with Crippen LogP contribution in [0.1, 0.15) is 5.56 Å². The van der Waals surface area contributed by atoms with Crippen LogP contribution < -0.4 is 9.47 Å². The number of benzene rings is 1. The summed E-state index contributed by atoms with van der Waals surface area (Å²) in [5.41, 5.74) is 0.345. The van der Waals surface area contributed by atoms with E-state index in [1.807, 2.05) is 0 Å². The third-order valence-electron chi connectivity index (χ3n) is 1.95. The largest absolute Gasteiger partial charge is 0.453 e. The van der Waals surface area contributed by atoms with Crippen molar-refractivity contribution in [3.05, 3.63) is 27.8 Å². The molecule has 1 aliphatic heterocycles. The van der Waals surface area contributed by atoms with E-state index in [9.17, 15) is 10.1 Å². The molecular weight excluding hydrogens is 190 g/mol. The topological polar surface area (TPSA) is 81.8 Å². The van der Waals surface area contributed by atoms with Gasteiger partial charge in [-0.15, -0.1) is 0 Å². The van der Waals surface area contributed by atoms with Crippen molar-refractivity contribution in [2.75, 3.05) is 6.79 Å². The second-order valence-electron chi connectivity index (χ2n) is 2.72. The highest BCUT2D eigenvalue weighted by Gasteiger charge is 2.27. The van der Waals surface area contributed by atoms with Gasteiger partial charge in [-0.2, -0.15) is 0 Å². The van der Waals surface area contributed by atoms with Crippen molar-refractivity contribution >= 4 is 5.69 Å². The summed E-state index contributed by atoms with van der Waals surface area (Å²) in [5, 5.41) is 19.5. The molecule has 0 bridgehead atoms. The predicted molar refractivity (Wildman–Crippen MR) is 45.1 cm³/mol. The highest BCUT2D eigenvalue weighted by atomic mass is 16.7. The van der Waals surface area contributed by atoms with Crippen LogP contribution in [0.5, 0.6) is 11.5 Å². The van der Waals surface area contributed by atoms with E-state index in [4.69, 9.17) is 14.6 Å². The number of ether oxygens (including phenoxy) is 2. The van der Waals surface area contributed by atoms with Crippen LogP contribution in [0, 0.1) is 10.1 Å². The zero-order valence-corrected chi connectivity index (χ0v) is 7.10. The molecule has 0 atom stereocenters. The molecule has 1 aromatic carbocycles. The van der Waals surface area contributed by atoms with Crippen molar-refractivity contribution in [1.29, 1.82) is 0 Å². The van der Waals surface area contributed by atoms with E-state index in [0.29, 0.717) is 5.56 Å². The molecule has 2 rings (SSSR count). The number of aliphatic hydroxyl groups is 1. The van der Waals surface area contributed by atoms with Crippen LogP contribution in [0.2, 0.25) is 0 Å². The molecule has 0 unspecified atom stereocenters. The zero-order valence-electron chi connectivity index (χ0n) is 7.10. The van der Waals surface area contributed by atoms with Gasteiger partial charge in [-0.3, -0.25) is 10.1 Å². The highest BCUT2D eigenvalue weighted by molar-refractivity contribution is 5.60. The number of nitro benzene ring substituents is 1. The van der Waals surface area contributed by atoms with Crippen LogP contribution in [-0.4, -0.2) is 16.8 Å². The molecule has 1 N–H and O–H groups in total. The van der Waals surface area contributed by atoms with Crippen molar-refractivity contribution in [3.63, 3.8) is 0 Å². The minimum absolute atomic E-state index is 0.0484. The molecule has 6 nitrogen and oxygen atoms in total. The maximum atomic E-state index is 10.6. The molecule has 1 aliphatic rings. The Morgan fingerprint density at radius 3 is 2.79 bits per heavy atom. The van der Waals surface area contributed by atoms with E-state index in [2.05, 4.69) is 0 Å². The first-order chi connectivity index (χ1) is 6.74. The number of nitrogens with zero attached hydrogens (tertiary/aromatic N) is 1. The molecule has 0 radical (unpaired) electrons. The first kappa shape index (κ1) is 8.76. The van der Waals surface area contributed by atoms with Crippen molar-refractivity contribution in [2.24, 2.45) is 0 Å². The number of nitro groups is 1. The summed E-state index contributed by atoms with van der Waals surface area (Å²) in [6.07, 6.45) is 0. The van der Waals surface area contributed by atoms with Gasteiger partial charge in [0.1, 0.15) is 0 Å². The van der Waals surface area contributed by atoms with Gasteiger partial charge < -0.3 is 14.6 Å². The number of hydrogen-bond donors (Lipinski definition) is 1. The highest BCUT2D eigenvalue weighted by Crippen LogP contribution is 2.42. The molecule has 74 valence electrons. The second-order valence-corrected chi connectivity index (χ2v) is 2.72.